The third-order valence-electron chi connectivity index (χ3n) is 3.71. The Labute approximate surface area is 142 Å². The first-order valence-corrected chi connectivity index (χ1v) is 7.18. The number of nitrogen functional groups attached to an aromatic ring is 1. The molecule has 3 rings (SSSR count). The zero-order valence-electron chi connectivity index (χ0n) is 13.8. The molecule has 1 aromatic carbocycles. The van der Waals surface area contributed by atoms with Gasteiger partial charge in [-0.25, -0.2) is 9.31 Å². The number of hydrogen-bond donors (Lipinski definition) is 2. The van der Waals surface area contributed by atoms with E-state index >= 15 is 0 Å². The molecule has 3 N–H and O–H groups in total. The highest BCUT2D eigenvalue weighted by atomic mass is 16.5. The number of pyridine rings is 1. The van der Waals surface area contributed by atoms with Crippen LogP contribution in [0.2, 0.25) is 0 Å². The van der Waals surface area contributed by atoms with Gasteiger partial charge in [-0.2, -0.15) is 4.98 Å². The minimum absolute atomic E-state index is 0.0328. The summed E-state index contributed by atoms with van der Waals surface area (Å²) in [7, 11) is 4.45. The summed E-state index contributed by atoms with van der Waals surface area (Å²) in [6, 6.07) is 4.76. The van der Waals surface area contributed by atoms with Crippen LogP contribution >= 0.6 is 0 Å². The van der Waals surface area contributed by atoms with Crippen molar-refractivity contribution in [1.82, 2.24) is 14.6 Å². The van der Waals surface area contributed by atoms with Gasteiger partial charge < -0.3 is 25.1 Å². The van der Waals surface area contributed by atoms with Crippen LogP contribution in [0.4, 0.5) is 5.95 Å². The highest BCUT2D eigenvalue weighted by Crippen LogP contribution is 2.45. The van der Waals surface area contributed by atoms with Crippen LogP contribution in [0.25, 0.3) is 16.8 Å². The largest absolute Gasteiger partial charge is 0.493 e. The summed E-state index contributed by atoms with van der Waals surface area (Å²) in [4.78, 5) is 15.7. The third kappa shape index (κ3) is 2.65. The molecule has 3 aromatic rings. The number of aromatic carboxylic acids is 1. The molecule has 0 aliphatic heterocycles. The Morgan fingerprint density at radius 3 is 2.44 bits per heavy atom. The van der Waals surface area contributed by atoms with Crippen molar-refractivity contribution in [3.05, 3.63) is 30.0 Å². The maximum Gasteiger partial charge on any atom is 0.336 e. The summed E-state index contributed by atoms with van der Waals surface area (Å²) in [6.07, 6.45) is 1.53. The normalized spacial score (nSPS) is 10.7. The number of methoxy groups -OCH3 is 3. The van der Waals surface area contributed by atoms with Crippen molar-refractivity contribution in [1.29, 1.82) is 0 Å². The van der Waals surface area contributed by atoms with E-state index in [1.54, 1.807) is 12.1 Å². The van der Waals surface area contributed by atoms with Gasteiger partial charge in [0.05, 0.1) is 26.9 Å². The first-order valence-electron chi connectivity index (χ1n) is 7.18. The van der Waals surface area contributed by atoms with E-state index < -0.39 is 5.97 Å². The first kappa shape index (κ1) is 16.4. The number of carboxylic acid groups (broad SMARTS) is 1. The molecule has 0 aliphatic rings. The quantitative estimate of drug-likeness (QED) is 0.717. The van der Waals surface area contributed by atoms with Crippen LogP contribution in [0.1, 0.15) is 10.4 Å². The fourth-order valence-corrected chi connectivity index (χ4v) is 2.65. The summed E-state index contributed by atoms with van der Waals surface area (Å²) >= 11 is 0. The van der Waals surface area contributed by atoms with Crippen LogP contribution in [-0.4, -0.2) is 47.0 Å². The van der Waals surface area contributed by atoms with Crippen LogP contribution < -0.4 is 19.9 Å². The lowest BCUT2D eigenvalue weighted by Gasteiger charge is -2.17. The molecule has 9 heteroatoms. The molecule has 0 saturated carbocycles. The zero-order chi connectivity index (χ0) is 18.1. The number of rotatable bonds is 5. The maximum atomic E-state index is 11.7. The molecule has 0 amide bonds. The number of nitrogens with two attached hydrogens (primary N) is 1. The number of carboxylic acids is 1. The van der Waals surface area contributed by atoms with Gasteiger partial charge in [-0.15, -0.1) is 5.10 Å². The number of carbonyl (C=O) groups is 1. The van der Waals surface area contributed by atoms with E-state index in [0.717, 1.165) is 0 Å². The minimum atomic E-state index is -1.11. The van der Waals surface area contributed by atoms with Crippen molar-refractivity contribution in [3.63, 3.8) is 0 Å². The number of ether oxygens (including phenoxy) is 3. The van der Waals surface area contributed by atoms with E-state index in [0.29, 0.717) is 34.0 Å². The molecule has 0 atom stereocenters. The van der Waals surface area contributed by atoms with E-state index in [-0.39, 0.29) is 11.5 Å². The lowest BCUT2D eigenvalue weighted by atomic mass is 10.00. The van der Waals surface area contributed by atoms with Crippen molar-refractivity contribution < 1.29 is 24.1 Å². The lowest BCUT2D eigenvalue weighted by molar-refractivity contribution is 0.0697. The number of aromatic nitrogens is 3. The molecule has 0 bridgehead atoms. The number of anilines is 1. The van der Waals surface area contributed by atoms with E-state index in [1.807, 2.05) is 0 Å². The van der Waals surface area contributed by atoms with Crippen molar-refractivity contribution in [2.45, 2.75) is 0 Å². The summed E-state index contributed by atoms with van der Waals surface area (Å²) < 4.78 is 17.5. The second-order valence-corrected chi connectivity index (χ2v) is 5.06. The first-order chi connectivity index (χ1) is 12.0. The number of benzene rings is 1. The van der Waals surface area contributed by atoms with Crippen molar-refractivity contribution in [3.8, 4) is 28.4 Å². The van der Waals surface area contributed by atoms with E-state index in [2.05, 4.69) is 10.1 Å². The molecule has 0 unspecified atom stereocenters. The molecule has 2 aromatic heterocycles. The molecule has 0 radical (unpaired) electrons. The standard InChI is InChI=1S/C16H16N4O5/c1-23-11-5-4-8(13(24-2)14(11)25-3)10-7-20-12(18-16(17)19-20)6-9(10)15(21)22/h4-7H,1-3H3,(H2,17,19)(H,21,22). The topological polar surface area (TPSA) is 121 Å². The fourth-order valence-electron chi connectivity index (χ4n) is 2.65. The Bertz CT molecular complexity index is 967. The van der Waals surface area contributed by atoms with Crippen molar-refractivity contribution in [2.75, 3.05) is 27.1 Å². The van der Waals surface area contributed by atoms with E-state index in [1.165, 1.54) is 38.1 Å². The highest BCUT2D eigenvalue weighted by Gasteiger charge is 2.22. The number of nitrogens with zero attached hydrogens (tertiary/aromatic N) is 3. The highest BCUT2D eigenvalue weighted by molar-refractivity contribution is 5.98. The molecule has 0 aliphatic carbocycles. The Morgan fingerprint density at radius 1 is 1.12 bits per heavy atom. The van der Waals surface area contributed by atoms with Gasteiger partial charge in [0.25, 0.3) is 0 Å². The Morgan fingerprint density at radius 2 is 1.84 bits per heavy atom. The van der Waals surface area contributed by atoms with E-state index in [4.69, 9.17) is 19.9 Å². The molecule has 9 nitrogen and oxygen atoms in total. The Balaban J connectivity index is 2.35. The molecule has 25 heavy (non-hydrogen) atoms. The van der Waals surface area contributed by atoms with Gasteiger partial charge in [-0.3, -0.25) is 0 Å². The van der Waals surface area contributed by atoms with Gasteiger partial charge in [-0.1, -0.05) is 0 Å². The summed E-state index contributed by atoms with van der Waals surface area (Å²) in [6.45, 7) is 0. The van der Waals surface area contributed by atoms with Gasteiger partial charge in [-0.05, 0) is 18.2 Å². The van der Waals surface area contributed by atoms with Crippen LogP contribution in [0.15, 0.2) is 24.4 Å². The van der Waals surface area contributed by atoms with Gasteiger partial charge in [0.1, 0.15) is 0 Å². The lowest BCUT2D eigenvalue weighted by Crippen LogP contribution is -2.04. The Hall–Kier alpha value is -3.49. The minimum Gasteiger partial charge on any atom is -0.493 e. The molecule has 130 valence electrons. The van der Waals surface area contributed by atoms with Crippen LogP contribution in [0.5, 0.6) is 17.2 Å². The molecular weight excluding hydrogens is 328 g/mol. The molecule has 0 fully saturated rings. The zero-order valence-corrected chi connectivity index (χ0v) is 13.8. The monoisotopic (exact) mass is 344 g/mol. The average molecular weight is 344 g/mol. The van der Waals surface area contributed by atoms with Crippen LogP contribution in [-0.2, 0) is 0 Å². The molecule has 2 heterocycles. The fraction of sp³-hybridized carbons (Fsp3) is 0.188. The number of hydrogen-bond acceptors (Lipinski definition) is 7. The van der Waals surface area contributed by atoms with Gasteiger partial charge in [0.15, 0.2) is 17.1 Å². The summed E-state index contributed by atoms with van der Waals surface area (Å²) in [5.74, 6) is 0.101. The Kier molecular flexibility index (Phi) is 4.05. The van der Waals surface area contributed by atoms with Crippen molar-refractivity contribution in [2.24, 2.45) is 0 Å². The SMILES string of the molecule is COc1ccc(-c2cn3nc(N)nc3cc2C(=O)O)c(OC)c1OC. The molecular formula is C16H16N4O5. The second kappa shape index (κ2) is 6.19. The average Bonchev–Trinajstić information content (AvgIpc) is 2.97. The third-order valence-corrected chi connectivity index (χ3v) is 3.71. The summed E-state index contributed by atoms with van der Waals surface area (Å²) in [5.41, 5.74) is 6.84. The molecule has 0 saturated heterocycles. The molecule has 0 spiro atoms. The maximum absolute atomic E-state index is 11.7. The predicted octanol–water partition coefficient (Wildman–Crippen LogP) is 1.70. The van der Waals surface area contributed by atoms with Crippen molar-refractivity contribution >= 4 is 17.6 Å². The predicted molar refractivity (Wildman–Crippen MR) is 89.5 cm³/mol. The van der Waals surface area contributed by atoms with Crippen LogP contribution in [0, 0.1) is 0 Å². The van der Waals surface area contributed by atoms with Crippen LogP contribution in [0.3, 0.4) is 0 Å². The van der Waals surface area contributed by atoms with Gasteiger partial charge in [0.2, 0.25) is 11.7 Å². The smallest absolute Gasteiger partial charge is 0.336 e. The van der Waals surface area contributed by atoms with E-state index in [9.17, 15) is 9.90 Å². The number of fused-ring (bicyclic) bond motifs is 1. The van der Waals surface area contributed by atoms with Gasteiger partial charge >= 0.3 is 5.97 Å². The van der Waals surface area contributed by atoms with Gasteiger partial charge in [0, 0.05) is 17.3 Å². The summed E-state index contributed by atoms with van der Waals surface area (Å²) in [5, 5.41) is 13.6. The second-order valence-electron chi connectivity index (χ2n) is 5.06.